The van der Waals surface area contributed by atoms with Gasteiger partial charge in [0.15, 0.2) is 11.8 Å². The molecule has 23 heavy (non-hydrogen) atoms. The van der Waals surface area contributed by atoms with Crippen LogP contribution in [-0.2, 0) is 13.6 Å². The Morgan fingerprint density at radius 2 is 1.91 bits per heavy atom. The number of hydrogen-bond acceptors (Lipinski definition) is 4. The Morgan fingerprint density at radius 1 is 1.17 bits per heavy atom. The summed E-state index contributed by atoms with van der Waals surface area (Å²) in [5.74, 6) is 5.25. The van der Waals surface area contributed by atoms with E-state index in [-0.39, 0.29) is 0 Å². The van der Waals surface area contributed by atoms with Gasteiger partial charge in [-0.05, 0) is 38.4 Å². The number of rotatable bonds is 4. The fourth-order valence-corrected chi connectivity index (χ4v) is 4.25. The lowest BCUT2D eigenvalue weighted by Crippen LogP contribution is -2.48. The Balaban J connectivity index is 1.64. The number of aryl methyl sites for hydroxylation is 1. The number of hydrogen-bond donors (Lipinski definition) is 2. The Hall–Kier alpha value is -1.24. The molecule has 0 aromatic carbocycles. The van der Waals surface area contributed by atoms with Gasteiger partial charge in [-0.3, -0.25) is 0 Å². The fourth-order valence-electron chi connectivity index (χ4n) is 3.18. The molecule has 6 nitrogen and oxygen atoms in total. The van der Waals surface area contributed by atoms with Gasteiger partial charge in [0, 0.05) is 24.9 Å². The molecule has 0 radical (unpaired) electrons. The average molecular weight is 337 g/mol. The van der Waals surface area contributed by atoms with Crippen molar-refractivity contribution in [1.82, 2.24) is 25.4 Å². The van der Waals surface area contributed by atoms with Crippen LogP contribution < -0.4 is 10.6 Å². The first-order chi connectivity index (χ1) is 11.2. The minimum atomic E-state index is 0.530. The Kier molecular flexibility index (Phi) is 5.80. The average Bonchev–Trinajstić information content (AvgIpc) is 3.18. The largest absolute Gasteiger partial charge is 0.354 e. The zero-order valence-electron chi connectivity index (χ0n) is 14.2. The summed E-state index contributed by atoms with van der Waals surface area (Å²) in [5.41, 5.74) is 0. The highest BCUT2D eigenvalue weighted by atomic mass is 32.2. The highest BCUT2D eigenvalue weighted by Crippen LogP contribution is 2.19. The summed E-state index contributed by atoms with van der Waals surface area (Å²) < 4.78 is 2.01. The number of aliphatic imine (C=N–C) groups is 1. The maximum Gasteiger partial charge on any atom is 0.192 e. The molecular formula is C16H28N6S. The van der Waals surface area contributed by atoms with Crippen LogP contribution in [-0.4, -0.2) is 44.3 Å². The molecule has 1 saturated carbocycles. The van der Waals surface area contributed by atoms with Crippen molar-refractivity contribution in [2.45, 2.75) is 64.1 Å². The van der Waals surface area contributed by atoms with Crippen molar-refractivity contribution in [2.24, 2.45) is 12.0 Å². The van der Waals surface area contributed by atoms with Crippen molar-refractivity contribution >= 4 is 17.7 Å². The molecule has 2 heterocycles. The molecule has 2 aliphatic rings. The Labute approximate surface area is 142 Å². The van der Waals surface area contributed by atoms with Crippen molar-refractivity contribution in [3.05, 3.63) is 11.6 Å². The lowest BCUT2D eigenvalue weighted by molar-refractivity contribution is 0.555. The highest BCUT2D eigenvalue weighted by Gasteiger charge is 2.19. The van der Waals surface area contributed by atoms with Gasteiger partial charge in [-0.1, -0.05) is 12.8 Å². The van der Waals surface area contributed by atoms with Gasteiger partial charge in [0.2, 0.25) is 0 Å². The molecule has 1 atom stereocenters. The van der Waals surface area contributed by atoms with Crippen LogP contribution in [0.25, 0.3) is 0 Å². The van der Waals surface area contributed by atoms with Crippen LogP contribution in [0.1, 0.15) is 50.2 Å². The number of guanidine groups is 1. The molecule has 2 N–H and O–H groups in total. The van der Waals surface area contributed by atoms with Crippen LogP contribution in [0, 0.1) is 6.92 Å². The predicted octanol–water partition coefficient (Wildman–Crippen LogP) is 2.00. The van der Waals surface area contributed by atoms with Crippen molar-refractivity contribution < 1.29 is 0 Å². The molecule has 1 saturated heterocycles. The summed E-state index contributed by atoms with van der Waals surface area (Å²) in [6, 6.07) is 1.10. The van der Waals surface area contributed by atoms with Crippen molar-refractivity contribution in [3.63, 3.8) is 0 Å². The van der Waals surface area contributed by atoms with E-state index in [2.05, 4.69) is 20.8 Å². The lowest BCUT2D eigenvalue weighted by atomic mass is 10.2. The van der Waals surface area contributed by atoms with Gasteiger partial charge in [-0.2, -0.15) is 11.8 Å². The lowest BCUT2D eigenvalue weighted by Gasteiger charge is -2.26. The maximum atomic E-state index is 4.79. The molecule has 1 aromatic rings. The van der Waals surface area contributed by atoms with Gasteiger partial charge in [0.05, 0.1) is 0 Å². The number of thioether (sulfide) groups is 1. The van der Waals surface area contributed by atoms with Gasteiger partial charge in [0.1, 0.15) is 12.4 Å². The van der Waals surface area contributed by atoms with E-state index < -0.39 is 0 Å². The van der Waals surface area contributed by atoms with Crippen LogP contribution in [0.5, 0.6) is 0 Å². The van der Waals surface area contributed by atoms with E-state index in [1.54, 1.807) is 0 Å². The smallest absolute Gasteiger partial charge is 0.192 e. The maximum absolute atomic E-state index is 4.79. The van der Waals surface area contributed by atoms with E-state index in [0.29, 0.717) is 18.6 Å². The number of nitrogens with zero attached hydrogens (tertiary/aromatic N) is 4. The summed E-state index contributed by atoms with van der Waals surface area (Å²) in [6.07, 6.45) is 7.69. The van der Waals surface area contributed by atoms with E-state index in [1.807, 2.05) is 30.3 Å². The van der Waals surface area contributed by atoms with Crippen LogP contribution in [0.15, 0.2) is 4.99 Å². The van der Waals surface area contributed by atoms with Gasteiger partial charge in [0.25, 0.3) is 0 Å². The molecule has 0 spiro atoms. The second-order valence-electron chi connectivity index (χ2n) is 6.57. The molecule has 0 bridgehead atoms. The van der Waals surface area contributed by atoms with Gasteiger partial charge >= 0.3 is 0 Å². The second-order valence-corrected chi connectivity index (χ2v) is 7.72. The summed E-state index contributed by atoms with van der Waals surface area (Å²) in [4.78, 5) is 4.79. The van der Waals surface area contributed by atoms with Gasteiger partial charge < -0.3 is 15.2 Å². The Bertz CT molecular complexity index is 529. The van der Waals surface area contributed by atoms with Crippen molar-refractivity contribution in [1.29, 1.82) is 0 Å². The molecule has 1 unspecified atom stereocenters. The highest BCUT2D eigenvalue weighted by molar-refractivity contribution is 7.99. The predicted molar refractivity (Wildman–Crippen MR) is 95.8 cm³/mol. The fraction of sp³-hybridized carbons (Fsp3) is 0.812. The third-order valence-corrected chi connectivity index (χ3v) is 5.97. The first-order valence-corrected chi connectivity index (χ1v) is 9.88. The van der Waals surface area contributed by atoms with E-state index >= 15 is 0 Å². The number of aromatic nitrogens is 3. The molecule has 7 heteroatoms. The van der Waals surface area contributed by atoms with E-state index in [4.69, 9.17) is 4.99 Å². The third kappa shape index (κ3) is 4.62. The van der Waals surface area contributed by atoms with E-state index in [1.165, 1.54) is 50.0 Å². The van der Waals surface area contributed by atoms with Crippen LogP contribution in [0.4, 0.5) is 0 Å². The molecule has 0 amide bonds. The minimum Gasteiger partial charge on any atom is -0.354 e. The van der Waals surface area contributed by atoms with Crippen molar-refractivity contribution in [2.75, 3.05) is 11.5 Å². The second kappa shape index (κ2) is 8.04. The normalized spacial score (nSPS) is 23.2. The summed E-state index contributed by atoms with van der Waals surface area (Å²) in [6.45, 7) is 2.54. The number of nitrogens with one attached hydrogen (secondary N) is 2. The first kappa shape index (κ1) is 16.6. The zero-order valence-corrected chi connectivity index (χ0v) is 15.0. The van der Waals surface area contributed by atoms with Crippen LogP contribution in [0.2, 0.25) is 0 Å². The van der Waals surface area contributed by atoms with Gasteiger partial charge in [-0.15, -0.1) is 10.2 Å². The first-order valence-electron chi connectivity index (χ1n) is 8.72. The summed E-state index contributed by atoms with van der Waals surface area (Å²) in [7, 11) is 2.00. The van der Waals surface area contributed by atoms with E-state index in [9.17, 15) is 0 Å². The molecule has 1 aliphatic carbocycles. The van der Waals surface area contributed by atoms with Crippen LogP contribution >= 0.6 is 11.8 Å². The standard InChI is InChI=1S/C16H28N6S/c1-12-20-21-15(22(12)2)10-17-16(18-13-6-3-4-7-13)19-14-8-5-9-23-11-14/h13-14H,3-11H2,1-2H3,(H2,17,18,19). The molecule has 1 aliphatic heterocycles. The van der Waals surface area contributed by atoms with E-state index in [0.717, 1.165) is 17.6 Å². The quantitative estimate of drug-likeness (QED) is 0.650. The molecular weight excluding hydrogens is 308 g/mol. The van der Waals surface area contributed by atoms with Crippen LogP contribution in [0.3, 0.4) is 0 Å². The topological polar surface area (TPSA) is 67.1 Å². The molecule has 2 fully saturated rings. The summed E-state index contributed by atoms with van der Waals surface area (Å²) in [5, 5.41) is 15.6. The SMILES string of the molecule is Cc1nnc(CN=C(NC2CCCC2)NC2CCCSC2)n1C. The molecule has 128 valence electrons. The zero-order chi connectivity index (χ0) is 16.1. The minimum absolute atomic E-state index is 0.530. The van der Waals surface area contributed by atoms with Gasteiger partial charge in [-0.25, -0.2) is 4.99 Å². The Morgan fingerprint density at radius 3 is 2.57 bits per heavy atom. The molecule has 3 rings (SSSR count). The monoisotopic (exact) mass is 336 g/mol. The summed E-state index contributed by atoms with van der Waals surface area (Å²) >= 11 is 2.04. The third-order valence-electron chi connectivity index (χ3n) is 4.76. The van der Waals surface area contributed by atoms with Crippen molar-refractivity contribution in [3.8, 4) is 0 Å². The molecule has 1 aromatic heterocycles.